The molecule has 0 unspecified atom stereocenters. The van der Waals surface area contributed by atoms with Gasteiger partial charge >= 0.3 is 0 Å². The summed E-state index contributed by atoms with van der Waals surface area (Å²) in [6.45, 7) is 1.47. The van der Waals surface area contributed by atoms with Crippen LogP contribution in [0.1, 0.15) is 51.4 Å². The van der Waals surface area contributed by atoms with E-state index < -0.39 is 15.4 Å². The number of hydrogen-bond donors (Lipinski definition) is 2. The third-order valence-corrected chi connectivity index (χ3v) is 7.29. The van der Waals surface area contributed by atoms with Gasteiger partial charge in [0.15, 0.2) is 0 Å². The zero-order valence-electron chi connectivity index (χ0n) is 11.9. The lowest BCUT2D eigenvalue weighted by atomic mass is 9.80. The van der Waals surface area contributed by atoms with Gasteiger partial charge in [-0.3, -0.25) is 9.52 Å². The van der Waals surface area contributed by atoms with Gasteiger partial charge in [-0.25, -0.2) is 8.42 Å². The van der Waals surface area contributed by atoms with Crippen LogP contribution in [0.25, 0.3) is 0 Å². The maximum Gasteiger partial charge on any atom is 0.241 e. The van der Waals surface area contributed by atoms with Gasteiger partial charge in [0, 0.05) is 6.54 Å². The molecule has 1 saturated heterocycles. The van der Waals surface area contributed by atoms with Crippen molar-refractivity contribution in [3.05, 3.63) is 0 Å². The lowest BCUT2D eigenvalue weighted by Crippen LogP contribution is -2.49. The van der Waals surface area contributed by atoms with Crippen LogP contribution >= 0.6 is 0 Å². The maximum atomic E-state index is 12.6. The second-order valence-electron chi connectivity index (χ2n) is 6.61. The van der Waals surface area contributed by atoms with Gasteiger partial charge in [0.25, 0.3) is 0 Å². The first-order valence-electron chi connectivity index (χ1n) is 7.81. The summed E-state index contributed by atoms with van der Waals surface area (Å²) in [5.41, 5.74) is -0.470. The van der Waals surface area contributed by atoms with E-state index >= 15 is 0 Å². The van der Waals surface area contributed by atoms with Crippen molar-refractivity contribution in [1.29, 1.82) is 0 Å². The molecule has 2 atom stereocenters. The van der Waals surface area contributed by atoms with Gasteiger partial charge in [-0.2, -0.15) is 0 Å². The van der Waals surface area contributed by atoms with Crippen molar-refractivity contribution in [2.24, 2.45) is 11.3 Å². The zero-order chi connectivity index (χ0) is 14.2. The molecule has 3 aliphatic rings. The molecule has 2 aliphatic carbocycles. The minimum Gasteiger partial charge on any atom is -0.315 e. The molecule has 6 heteroatoms. The summed E-state index contributed by atoms with van der Waals surface area (Å²) in [5.74, 6) is 0.0552. The molecule has 2 saturated carbocycles. The fourth-order valence-electron chi connectivity index (χ4n) is 4.21. The van der Waals surface area contributed by atoms with Crippen molar-refractivity contribution >= 4 is 15.9 Å². The Morgan fingerprint density at radius 3 is 2.60 bits per heavy atom. The number of carbonyl (C=O) groups is 1. The molecule has 114 valence electrons. The summed E-state index contributed by atoms with van der Waals surface area (Å²) >= 11 is 0. The first-order valence-corrected chi connectivity index (χ1v) is 9.36. The van der Waals surface area contributed by atoms with Gasteiger partial charge in [0.2, 0.25) is 15.9 Å². The van der Waals surface area contributed by atoms with E-state index in [-0.39, 0.29) is 11.2 Å². The minimum atomic E-state index is -3.49. The number of nitrogens with one attached hydrogen (secondary N) is 2. The van der Waals surface area contributed by atoms with E-state index in [2.05, 4.69) is 10.0 Å². The Balaban J connectivity index is 1.72. The first kappa shape index (κ1) is 14.3. The Kier molecular flexibility index (Phi) is 3.79. The normalized spacial score (nSPS) is 34.9. The lowest BCUT2D eigenvalue weighted by molar-refractivity contribution is -0.129. The number of carbonyl (C=O) groups excluding carboxylic acids is 1. The molecule has 3 fully saturated rings. The Labute approximate surface area is 120 Å². The third-order valence-electron chi connectivity index (χ3n) is 5.47. The topological polar surface area (TPSA) is 75.3 Å². The van der Waals surface area contributed by atoms with E-state index in [1.165, 1.54) is 0 Å². The van der Waals surface area contributed by atoms with Crippen LogP contribution in [-0.4, -0.2) is 32.7 Å². The average Bonchev–Trinajstić information content (AvgIpc) is 2.99. The molecular formula is C14H24N2O3S. The van der Waals surface area contributed by atoms with Crippen molar-refractivity contribution < 1.29 is 13.2 Å². The average molecular weight is 300 g/mol. The Hall–Kier alpha value is -0.620. The highest BCUT2D eigenvalue weighted by molar-refractivity contribution is 7.90. The summed E-state index contributed by atoms with van der Waals surface area (Å²) in [6, 6.07) is 0. The van der Waals surface area contributed by atoms with Crippen molar-refractivity contribution in [2.45, 2.75) is 56.6 Å². The number of fused-ring (bicyclic) bond motifs is 1. The highest BCUT2D eigenvalue weighted by Crippen LogP contribution is 2.46. The number of sulfonamides is 1. The number of rotatable bonds is 3. The van der Waals surface area contributed by atoms with Crippen LogP contribution < -0.4 is 10.0 Å². The van der Waals surface area contributed by atoms with E-state index in [0.717, 1.165) is 45.1 Å². The highest BCUT2D eigenvalue weighted by atomic mass is 32.2. The molecule has 20 heavy (non-hydrogen) atoms. The smallest absolute Gasteiger partial charge is 0.241 e. The first-order chi connectivity index (χ1) is 9.55. The SMILES string of the molecule is O=C(NS(=O)(=O)C1CCCCC1)[C@]12CCC[C@H]1CNC2. The van der Waals surface area contributed by atoms with Crippen LogP contribution in [0.4, 0.5) is 0 Å². The molecule has 5 nitrogen and oxygen atoms in total. The molecule has 2 N–H and O–H groups in total. The largest absolute Gasteiger partial charge is 0.315 e. The quantitative estimate of drug-likeness (QED) is 0.820. The van der Waals surface area contributed by atoms with Gasteiger partial charge < -0.3 is 5.32 Å². The van der Waals surface area contributed by atoms with Crippen molar-refractivity contribution in [2.75, 3.05) is 13.1 Å². The zero-order valence-corrected chi connectivity index (χ0v) is 12.7. The standard InChI is InChI=1S/C14H24N2O3S/c17-13(14-8-4-5-11(14)9-15-10-14)16-20(18,19)12-6-2-1-3-7-12/h11-12,15H,1-10H2,(H,16,17)/t11-,14-/m0/s1. The second-order valence-corrected chi connectivity index (χ2v) is 8.57. The van der Waals surface area contributed by atoms with Crippen molar-refractivity contribution in [1.82, 2.24) is 10.0 Å². The monoisotopic (exact) mass is 300 g/mol. The fourth-order valence-corrected chi connectivity index (χ4v) is 5.80. The molecule has 0 bridgehead atoms. The molecule has 0 aromatic carbocycles. The molecule has 1 aliphatic heterocycles. The van der Waals surface area contributed by atoms with Crippen molar-refractivity contribution in [3.8, 4) is 0 Å². The van der Waals surface area contributed by atoms with Crippen LogP contribution in [0, 0.1) is 11.3 Å². The molecule has 0 aromatic rings. The molecular weight excluding hydrogens is 276 g/mol. The molecule has 0 radical (unpaired) electrons. The molecule has 1 amide bonds. The Morgan fingerprint density at radius 1 is 1.10 bits per heavy atom. The summed E-state index contributed by atoms with van der Waals surface area (Å²) in [7, 11) is -3.49. The molecule has 1 heterocycles. The van der Waals surface area contributed by atoms with Crippen LogP contribution in [-0.2, 0) is 14.8 Å². The van der Waals surface area contributed by atoms with Gasteiger partial charge in [0.1, 0.15) is 0 Å². The summed E-state index contributed by atoms with van der Waals surface area (Å²) in [6.07, 6.45) is 7.28. The van der Waals surface area contributed by atoms with Gasteiger partial charge in [-0.15, -0.1) is 0 Å². The second kappa shape index (κ2) is 5.30. The van der Waals surface area contributed by atoms with Crippen LogP contribution in [0.2, 0.25) is 0 Å². The lowest BCUT2D eigenvalue weighted by Gasteiger charge is -2.29. The maximum absolute atomic E-state index is 12.6. The Bertz CT molecular complexity index is 473. The molecule has 3 rings (SSSR count). The predicted molar refractivity (Wildman–Crippen MR) is 76.6 cm³/mol. The summed E-state index contributed by atoms with van der Waals surface area (Å²) < 4.78 is 27.2. The van der Waals surface area contributed by atoms with Gasteiger partial charge in [0.05, 0.1) is 10.7 Å². The van der Waals surface area contributed by atoms with Gasteiger partial charge in [-0.1, -0.05) is 25.7 Å². The highest BCUT2D eigenvalue weighted by Gasteiger charge is 2.52. The van der Waals surface area contributed by atoms with Crippen LogP contribution in [0.5, 0.6) is 0 Å². The van der Waals surface area contributed by atoms with E-state index in [4.69, 9.17) is 0 Å². The molecule has 0 aromatic heterocycles. The van der Waals surface area contributed by atoms with Crippen LogP contribution in [0.15, 0.2) is 0 Å². The predicted octanol–water partition coefficient (Wildman–Crippen LogP) is 1.15. The number of amides is 1. The van der Waals surface area contributed by atoms with Crippen molar-refractivity contribution in [3.63, 3.8) is 0 Å². The summed E-state index contributed by atoms with van der Waals surface area (Å²) in [4.78, 5) is 12.6. The Morgan fingerprint density at radius 2 is 1.85 bits per heavy atom. The fraction of sp³-hybridized carbons (Fsp3) is 0.929. The van der Waals surface area contributed by atoms with E-state index in [1.807, 2.05) is 0 Å². The van der Waals surface area contributed by atoms with E-state index in [0.29, 0.717) is 25.3 Å². The van der Waals surface area contributed by atoms with E-state index in [9.17, 15) is 13.2 Å². The van der Waals surface area contributed by atoms with E-state index in [1.54, 1.807) is 0 Å². The number of hydrogen-bond acceptors (Lipinski definition) is 4. The summed E-state index contributed by atoms with van der Waals surface area (Å²) in [5, 5.41) is 2.89. The third kappa shape index (κ3) is 2.37. The molecule has 0 spiro atoms. The van der Waals surface area contributed by atoms with Gasteiger partial charge in [-0.05, 0) is 38.1 Å². The minimum absolute atomic E-state index is 0.254. The van der Waals surface area contributed by atoms with Crippen LogP contribution in [0.3, 0.4) is 0 Å².